The van der Waals surface area contributed by atoms with Gasteiger partial charge in [-0.15, -0.1) is 0 Å². The number of likely N-dealkylation sites (tertiary alicyclic amines) is 1. The molecule has 1 saturated heterocycles. The number of carbonyl (C=O) groups excluding carboxylic acids is 2. The minimum Gasteiger partial charge on any atom is -0.490 e. The quantitative estimate of drug-likeness (QED) is 0.847. The molecule has 2 rings (SSSR count). The van der Waals surface area contributed by atoms with Crippen LogP contribution in [0.25, 0.3) is 0 Å². The number of rotatable bonds is 2. The van der Waals surface area contributed by atoms with E-state index >= 15 is 0 Å². The van der Waals surface area contributed by atoms with Crippen molar-refractivity contribution in [1.82, 2.24) is 4.90 Å². The topological polar surface area (TPSA) is 72.6 Å². The number of amides is 2. The third kappa shape index (κ3) is 3.78. The summed E-state index contributed by atoms with van der Waals surface area (Å²) in [7, 11) is 0. The number of benzene rings is 1. The Morgan fingerprint density at radius 1 is 1.18 bits per heavy atom. The Labute approximate surface area is 131 Å². The van der Waals surface area contributed by atoms with Gasteiger partial charge in [-0.25, -0.2) is 0 Å². The van der Waals surface area contributed by atoms with Crippen molar-refractivity contribution in [1.29, 1.82) is 0 Å². The van der Waals surface area contributed by atoms with E-state index in [9.17, 15) is 9.59 Å². The Morgan fingerprint density at radius 3 is 2.32 bits per heavy atom. The number of hydrogen-bond donors (Lipinski definition) is 1. The average molecular weight is 304 g/mol. The molecule has 1 aromatic carbocycles. The highest BCUT2D eigenvalue weighted by Crippen LogP contribution is 2.32. The first-order chi connectivity index (χ1) is 10.3. The summed E-state index contributed by atoms with van der Waals surface area (Å²) in [4.78, 5) is 24.0. The Morgan fingerprint density at radius 2 is 1.77 bits per heavy atom. The number of carbonyl (C=O) groups is 2. The van der Waals surface area contributed by atoms with Gasteiger partial charge < -0.3 is 15.4 Å². The number of primary amides is 1. The summed E-state index contributed by atoms with van der Waals surface area (Å²) < 4.78 is 6.15. The van der Waals surface area contributed by atoms with Gasteiger partial charge in [-0.1, -0.05) is 39.0 Å². The standard InChI is InChI=1S/C17H24N2O3/c1-17(2,3)13-6-4-5-7-14(13)22-12-8-10-19(11-9-12)16(21)15(18)20/h4-7,12H,8-11H2,1-3H3,(H2,18,20). The van der Waals surface area contributed by atoms with Crippen LogP contribution in [0.4, 0.5) is 0 Å². The summed E-state index contributed by atoms with van der Waals surface area (Å²) in [6.45, 7) is 7.48. The van der Waals surface area contributed by atoms with Gasteiger partial charge in [-0.3, -0.25) is 9.59 Å². The van der Waals surface area contributed by atoms with E-state index in [1.165, 1.54) is 10.5 Å². The number of para-hydroxylation sites is 1. The molecular weight excluding hydrogens is 280 g/mol. The van der Waals surface area contributed by atoms with Crippen molar-refractivity contribution < 1.29 is 14.3 Å². The molecule has 1 fully saturated rings. The van der Waals surface area contributed by atoms with Crippen LogP contribution in [0.5, 0.6) is 5.75 Å². The molecule has 0 unspecified atom stereocenters. The predicted molar refractivity (Wildman–Crippen MR) is 84.6 cm³/mol. The van der Waals surface area contributed by atoms with Gasteiger partial charge in [0.05, 0.1) is 0 Å². The fourth-order valence-corrected chi connectivity index (χ4v) is 2.70. The molecule has 120 valence electrons. The molecule has 0 aromatic heterocycles. The van der Waals surface area contributed by atoms with Crippen molar-refractivity contribution in [2.45, 2.75) is 45.1 Å². The van der Waals surface area contributed by atoms with Crippen molar-refractivity contribution in [2.24, 2.45) is 5.73 Å². The molecule has 1 aliphatic rings. The largest absolute Gasteiger partial charge is 0.490 e. The van der Waals surface area contributed by atoms with Crippen molar-refractivity contribution in [2.75, 3.05) is 13.1 Å². The second-order valence-corrected chi connectivity index (χ2v) is 6.72. The molecule has 5 heteroatoms. The average Bonchev–Trinajstić information content (AvgIpc) is 2.46. The van der Waals surface area contributed by atoms with Crippen LogP contribution >= 0.6 is 0 Å². The molecule has 22 heavy (non-hydrogen) atoms. The summed E-state index contributed by atoms with van der Waals surface area (Å²) in [5.41, 5.74) is 6.22. The highest BCUT2D eigenvalue weighted by Gasteiger charge is 2.27. The highest BCUT2D eigenvalue weighted by molar-refractivity contribution is 6.34. The van der Waals surface area contributed by atoms with Gasteiger partial charge in [0.15, 0.2) is 0 Å². The van der Waals surface area contributed by atoms with Crippen LogP contribution in [-0.2, 0) is 15.0 Å². The third-order valence-corrected chi connectivity index (χ3v) is 3.93. The van der Waals surface area contributed by atoms with Gasteiger partial charge in [-0.05, 0) is 17.0 Å². The van der Waals surface area contributed by atoms with E-state index in [2.05, 4.69) is 26.8 Å². The zero-order valence-corrected chi connectivity index (χ0v) is 13.5. The van der Waals surface area contributed by atoms with Crippen LogP contribution in [0.1, 0.15) is 39.2 Å². The summed E-state index contributed by atoms with van der Waals surface area (Å²) >= 11 is 0. The van der Waals surface area contributed by atoms with Crippen LogP contribution in [0.3, 0.4) is 0 Å². The van der Waals surface area contributed by atoms with Crippen molar-refractivity contribution in [3.63, 3.8) is 0 Å². The summed E-state index contributed by atoms with van der Waals surface area (Å²) in [5, 5.41) is 0. The normalized spacial score (nSPS) is 16.4. The molecule has 2 amide bonds. The fraction of sp³-hybridized carbons (Fsp3) is 0.529. The van der Waals surface area contributed by atoms with Crippen molar-refractivity contribution in [3.05, 3.63) is 29.8 Å². The van der Waals surface area contributed by atoms with Gasteiger partial charge in [0, 0.05) is 25.9 Å². The molecule has 1 aliphatic heterocycles. The molecular formula is C17H24N2O3. The lowest BCUT2D eigenvalue weighted by Crippen LogP contribution is -2.46. The third-order valence-electron chi connectivity index (χ3n) is 3.93. The molecule has 1 heterocycles. The summed E-state index contributed by atoms with van der Waals surface area (Å²) in [5.74, 6) is -0.597. The lowest BCUT2D eigenvalue weighted by atomic mass is 9.86. The zero-order chi connectivity index (χ0) is 16.3. The van der Waals surface area contributed by atoms with E-state index < -0.39 is 11.8 Å². The van der Waals surface area contributed by atoms with Gasteiger partial charge in [-0.2, -0.15) is 0 Å². The van der Waals surface area contributed by atoms with Crippen LogP contribution < -0.4 is 10.5 Å². The van der Waals surface area contributed by atoms with E-state index in [-0.39, 0.29) is 11.5 Å². The highest BCUT2D eigenvalue weighted by atomic mass is 16.5. The molecule has 0 bridgehead atoms. The minimum absolute atomic E-state index is 0.0131. The second-order valence-electron chi connectivity index (χ2n) is 6.72. The maximum absolute atomic E-state index is 11.6. The van der Waals surface area contributed by atoms with Crippen LogP contribution in [0, 0.1) is 0 Å². The van der Waals surface area contributed by atoms with Crippen molar-refractivity contribution in [3.8, 4) is 5.75 Å². The number of hydrogen-bond acceptors (Lipinski definition) is 3. The molecule has 5 nitrogen and oxygen atoms in total. The maximum Gasteiger partial charge on any atom is 0.311 e. The maximum atomic E-state index is 11.6. The van der Waals surface area contributed by atoms with Gasteiger partial charge >= 0.3 is 11.8 Å². The smallest absolute Gasteiger partial charge is 0.311 e. The Bertz CT molecular complexity index is 555. The molecule has 0 aliphatic carbocycles. The van der Waals surface area contributed by atoms with E-state index in [1.807, 2.05) is 18.2 Å². The molecule has 1 aromatic rings. The van der Waals surface area contributed by atoms with Gasteiger partial charge in [0.2, 0.25) is 0 Å². The van der Waals surface area contributed by atoms with Crippen LogP contribution in [-0.4, -0.2) is 35.9 Å². The summed E-state index contributed by atoms with van der Waals surface area (Å²) in [6, 6.07) is 8.06. The first kappa shape index (κ1) is 16.3. The van der Waals surface area contributed by atoms with E-state index in [4.69, 9.17) is 10.5 Å². The molecule has 0 spiro atoms. The van der Waals surface area contributed by atoms with Crippen LogP contribution in [0.2, 0.25) is 0 Å². The Balaban J connectivity index is 2.00. The summed E-state index contributed by atoms with van der Waals surface area (Å²) in [6.07, 6.45) is 1.47. The predicted octanol–water partition coefficient (Wildman–Crippen LogP) is 1.84. The number of nitrogens with zero attached hydrogens (tertiary/aromatic N) is 1. The van der Waals surface area contributed by atoms with E-state index in [1.54, 1.807) is 0 Å². The van der Waals surface area contributed by atoms with Crippen LogP contribution in [0.15, 0.2) is 24.3 Å². The minimum atomic E-state index is -0.891. The second kappa shape index (κ2) is 6.38. The molecule has 0 radical (unpaired) electrons. The number of piperidine rings is 1. The molecule has 0 saturated carbocycles. The van der Waals surface area contributed by atoms with Gasteiger partial charge in [0.1, 0.15) is 11.9 Å². The SMILES string of the molecule is CC(C)(C)c1ccccc1OC1CCN(C(=O)C(N)=O)CC1. The Kier molecular flexibility index (Phi) is 4.74. The Hall–Kier alpha value is -2.04. The lowest BCUT2D eigenvalue weighted by Gasteiger charge is -2.32. The fourth-order valence-electron chi connectivity index (χ4n) is 2.70. The molecule has 2 N–H and O–H groups in total. The lowest BCUT2D eigenvalue weighted by molar-refractivity contribution is -0.145. The number of nitrogens with two attached hydrogens (primary N) is 1. The van der Waals surface area contributed by atoms with E-state index in [0.29, 0.717) is 25.9 Å². The zero-order valence-electron chi connectivity index (χ0n) is 13.5. The first-order valence-electron chi connectivity index (χ1n) is 7.64. The van der Waals surface area contributed by atoms with Crippen molar-refractivity contribution >= 4 is 11.8 Å². The molecule has 0 atom stereocenters. The monoisotopic (exact) mass is 304 g/mol. The first-order valence-corrected chi connectivity index (χ1v) is 7.64. The number of ether oxygens (including phenoxy) is 1. The van der Waals surface area contributed by atoms with Gasteiger partial charge in [0.25, 0.3) is 0 Å². The van der Waals surface area contributed by atoms with E-state index in [0.717, 1.165) is 5.75 Å².